The third kappa shape index (κ3) is 6.08. The van der Waals surface area contributed by atoms with E-state index in [1.165, 1.54) is 38.5 Å². The molecule has 0 aliphatic carbocycles. The zero-order valence-corrected chi connectivity index (χ0v) is 17.7. The topological polar surface area (TPSA) is 52.7 Å². The van der Waals surface area contributed by atoms with Gasteiger partial charge in [0.15, 0.2) is 0 Å². The third-order valence-electron chi connectivity index (χ3n) is 6.54. The van der Waals surface area contributed by atoms with Gasteiger partial charge in [0.05, 0.1) is 5.41 Å². The molecule has 0 aromatic carbocycles. The van der Waals surface area contributed by atoms with Gasteiger partial charge in [0.1, 0.15) is 0 Å². The highest BCUT2D eigenvalue weighted by atomic mass is 35.5. The Morgan fingerprint density at radius 3 is 1.70 bits per heavy atom. The smallest absolute Gasteiger partial charge is 0.230 e. The zero-order chi connectivity index (χ0) is 18.2. The number of likely N-dealkylation sites (tertiary alicyclic amines) is 2. The summed E-state index contributed by atoms with van der Waals surface area (Å²) in [5, 5.41) is 3.37. The molecule has 1 unspecified atom stereocenters. The fraction of sp³-hybridized carbons (Fsp3) is 0.905. The van der Waals surface area contributed by atoms with Crippen molar-refractivity contribution in [3.63, 3.8) is 0 Å². The van der Waals surface area contributed by atoms with Crippen molar-refractivity contribution < 1.29 is 9.59 Å². The van der Waals surface area contributed by atoms with E-state index in [4.69, 9.17) is 0 Å². The summed E-state index contributed by atoms with van der Waals surface area (Å²) < 4.78 is 0. The second kappa shape index (κ2) is 11.3. The van der Waals surface area contributed by atoms with E-state index in [9.17, 15) is 9.59 Å². The standard InChI is InChI=1S/C21H37N3O2.ClH/c25-19(23-13-7-3-1-4-8-14-23)17-21(11-12-22-18-21)20(26)24-15-9-5-2-6-10-16-24;/h22H,1-18H2;1H. The van der Waals surface area contributed by atoms with E-state index >= 15 is 0 Å². The molecule has 3 rings (SSSR count). The van der Waals surface area contributed by atoms with Crippen LogP contribution in [0, 0.1) is 5.41 Å². The Bertz CT molecular complexity index is 464. The van der Waals surface area contributed by atoms with Crippen molar-refractivity contribution in [2.24, 2.45) is 5.41 Å². The maximum Gasteiger partial charge on any atom is 0.230 e. The Morgan fingerprint density at radius 1 is 0.741 bits per heavy atom. The van der Waals surface area contributed by atoms with E-state index in [1.807, 2.05) is 4.90 Å². The van der Waals surface area contributed by atoms with Gasteiger partial charge in [-0.15, -0.1) is 12.4 Å². The van der Waals surface area contributed by atoms with Crippen molar-refractivity contribution in [2.45, 2.75) is 77.0 Å². The number of carbonyl (C=O) groups excluding carboxylic acids is 2. The Labute approximate surface area is 171 Å². The van der Waals surface area contributed by atoms with Crippen LogP contribution < -0.4 is 5.32 Å². The number of rotatable bonds is 3. The van der Waals surface area contributed by atoms with Gasteiger partial charge in [-0.05, 0) is 38.6 Å². The summed E-state index contributed by atoms with van der Waals surface area (Å²) >= 11 is 0. The number of hydrogen-bond acceptors (Lipinski definition) is 3. The van der Waals surface area contributed by atoms with Gasteiger partial charge in [0.2, 0.25) is 11.8 Å². The maximum absolute atomic E-state index is 13.4. The Balaban J connectivity index is 0.00000261. The van der Waals surface area contributed by atoms with E-state index in [1.54, 1.807) is 0 Å². The summed E-state index contributed by atoms with van der Waals surface area (Å²) in [6.45, 7) is 5.02. The molecule has 0 radical (unpaired) electrons. The molecule has 1 atom stereocenters. The molecule has 3 fully saturated rings. The predicted octanol–water partition coefficient (Wildman–Crippen LogP) is 3.36. The molecule has 1 N–H and O–H groups in total. The number of amides is 2. The summed E-state index contributed by atoms with van der Waals surface area (Å²) in [6.07, 6.45) is 13.1. The highest BCUT2D eigenvalue weighted by Crippen LogP contribution is 2.34. The van der Waals surface area contributed by atoms with Crippen LogP contribution in [0.1, 0.15) is 77.0 Å². The minimum atomic E-state index is -0.501. The largest absolute Gasteiger partial charge is 0.343 e. The Hall–Kier alpha value is -0.810. The van der Waals surface area contributed by atoms with Gasteiger partial charge in [-0.2, -0.15) is 0 Å². The van der Waals surface area contributed by atoms with Crippen LogP contribution in [0.3, 0.4) is 0 Å². The van der Waals surface area contributed by atoms with Crippen molar-refractivity contribution in [3.05, 3.63) is 0 Å². The molecule has 0 aromatic rings. The summed E-state index contributed by atoms with van der Waals surface area (Å²) in [6, 6.07) is 0. The fourth-order valence-electron chi connectivity index (χ4n) is 4.84. The van der Waals surface area contributed by atoms with Gasteiger partial charge in [-0.1, -0.05) is 38.5 Å². The summed E-state index contributed by atoms with van der Waals surface area (Å²) in [5.41, 5.74) is -0.501. The molecule has 5 nitrogen and oxygen atoms in total. The lowest BCUT2D eigenvalue weighted by Crippen LogP contribution is -2.49. The lowest BCUT2D eigenvalue weighted by molar-refractivity contribution is -0.147. The predicted molar refractivity (Wildman–Crippen MR) is 111 cm³/mol. The molecule has 3 aliphatic rings. The zero-order valence-electron chi connectivity index (χ0n) is 16.8. The summed E-state index contributed by atoms with van der Waals surface area (Å²) in [4.78, 5) is 30.6. The van der Waals surface area contributed by atoms with E-state index in [0.717, 1.165) is 64.8 Å². The first-order chi connectivity index (χ1) is 12.7. The minimum absolute atomic E-state index is 0. The van der Waals surface area contributed by atoms with Gasteiger partial charge in [0, 0.05) is 39.1 Å². The van der Waals surface area contributed by atoms with Gasteiger partial charge >= 0.3 is 0 Å². The molecule has 0 aromatic heterocycles. The van der Waals surface area contributed by atoms with Gasteiger partial charge in [-0.3, -0.25) is 9.59 Å². The molecular formula is C21H38ClN3O2. The molecule has 27 heavy (non-hydrogen) atoms. The number of halogens is 1. The van der Waals surface area contributed by atoms with Crippen LogP contribution >= 0.6 is 12.4 Å². The SMILES string of the molecule is Cl.O=C(CC1(C(=O)N2CCCCCCC2)CCNC1)N1CCCCCCC1. The van der Waals surface area contributed by atoms with E-state index in [2.05, 4.69) is 10.2 Å². The second-order valence-electron chi connectivity index (χ2n) is 8.59. The normalized spacial score (nSPS) is 27.7. The minimum Gasteiger partial charge on any atom is -0.343 e. The molecule has 0 spiro atoms. The molecule has 3 saturated heterocycles. The molecule has 0 saturated carbocycles. The number of nitrogens with one attached hydrogen (secondary N) is 1. The van der Waals surface area contributed by atoms with Crippen molar-refractivity contribution in [1.29, 1.82) is 0 Å². The maximum atomic E-state index is 13.4. The van der Waals surface area contributed by atoms with E-state index in [0.29, 0.717) is 13.0 Å². The quantitative estimate of drug-likeness (QED) is 0.791. The second-order valence-corrected chi connectivity index (χ2v) is 8.59. The molecule has 3 heterocycles. The molecule has 0 bridgehead atoms. The number of carbonyl (C=O) groups is 2. The summed E-state index contributed by atoms with van der Waals surface area (Å²) in [7, 11) is 0. The van der Waals surface area contributed by atoms with Crippen molar-refractivity contribution in [1.82, 2.24) is 15.1 Å². The summed E-state index contributed by atoms with van der Waals surface area (Å²) in [5.74, 6) is 0.445. The fourth-order valence-corrected chi connectivity index (χ4v) is 4.84. The van der Waals surface area contributed by atoms with Crippen LogP contribution in [0.5, 0.6) is 0 Å². The molecule has 156 valence electrons. The van der Waals surface area contributed by atoms with Crippen molar-refractivity contribution in [3.8, 4) is 0 Å². The first-order valence-electron chi connectivity index (χ1n) is 11.0. The van der Waals surface area contributed by atoms with Gasteiger partial charge in [0.25, 0.3) is 0 Å². The van der Waals surface area contributed by atoms with Crippen molar-refractivity contribution >= 4 is 24.2 Å². The number of hydrogen-bond donors (Lipinski definition) is 1. The first kappa shape index (κ1) is 22.5. The average molecular weight is 400 g/mol. The van der Waals surface area contributed by atoms with Crippen LogP contribution in [0.4, 0.5) is 0 Å². The van der Waals surface area contributed by atoms with Gasteiger partial charge in [-0.25, -0.2) is 0 Å². The molecule has 2 amide bonds. The van der Waals surface area contributed by atoms with Crippen LogP contribution in [-0.2, 0) is 9.59 Å². The van der Waals surface area contributed by atoms with Crippen LogP contribution in [0.2, 0.25) is 0 Å². The lowest BCUT2D eigenvalue weighted by atomic mass is 9.81. The van der Waals surface area contributed by atoms with Crippen LogP contribution in [-0.4, -0.2) is 60.9 Å². The van der Waals surface area contributed by atoms with Gasteiger partial charge < -0.3 is 15.1 Å². The molecule has 3 aliphatic heterocycles. The third-order valence-corrected chi connectivity index (χ3v) is 6.54. The van der Waals surface area contributed by atoms with Crippen molar-refractivity contribution in [2.75, 3.05) is 39.3 Å². The Kier molecular flexibility index (Phi) is 9.37. The average Bonchev–Trinajstić information content (AvgIpc) is 3.03. The Morgan fingerprint density at radius 2 is 1.22 bits per heavy atom. The van der Waals surface area contributed by atoms with E-state index < -0.39 is 5.41 Å². The first-order valence-corrected chi connectivity index (χ1v) is 11.0. The lowest BCUT2D eigenvalue weighted by Gasteiger charge is -2.36. The number of nitrogens with zero attached hydrogens (tertiary/aromatic N) is 2. The highest BCUT2D eigenvalue weighted by Gasteiger charge is 2.45. The van der Waals surface area contributed by atoms with E-state index in [-0.39, 0.29) is 24.2 Å². The molecule has 6 heteroatoms. The van der Waals surface area contributed by atoms with Crippen LogP contribution in [0.15, 0.2) is 0 Å². The van der Waals surface area contributed by atoms with Crippen LogP contribution in [0.25, 0.3) is 0 Å². The molecular weight excluding hydrogens is 362 g/mol. The monoisotopic (exact) mass is 399 g/mol. The highest BCUT2D eigenvalue weighted by molar-refractivity contribution is 5.89.